The fourth-order valence-electron chi connectivity index (χ4n) is 1.10. The van der Waals surface area contributed by atoms with Crippen molar-refractivity contribution >= 4 is 5.69 Å². The minimum atomic E-state index is -0.782. The fraction of sp³-hybridized carbons (Fsp3) is 0.333. The number of nitrogens with zero attached hydrogens (tertiary/aromatic N) is 1. The molecule has 2 atom stereocenters. The summed E-state index contributed by atoms with van der Waals surface area (Å²) in [5.74, 6) is 0. The molecule has 5 heteroatoms. The number of nitro benzene ring substituents is 1. The van der Waals surface area contributed by atoms with Crippen molar-refractivity contribution in [3.63, 3.8) is 0 Å². The van der Waals surface area contributed by atoms with Crippen molar-refractivity contribution in [1.82, 2.24) is 0 Å². The standard InChI is InChI=1S/C9H12N2O3/c1-6(10)9(12)7-2-4-8(5-3-7)11(13)14/h2-6,9,12H,10H2,1H3. The van der Waals surface area contributed by atoms with Crippen LogP contribution in [0.4, 0.5) is 5.69 Å². The van der Waals surface area contributed by atoms with Crippen LogP contribution >= 0.6 is 0 Å². The topological polar surface area (TPSA) is 89.4 Å². The third kappa shape index (κ3) is 2.27. The molecular formula is C9H12N2O3. The van der Waals surface area contributed by atoms with Gasteiger partial charge in [-0.3, -0.25) is 10.1 Å². The number of aliphatic hydroxyl groups is 1. The lowest BCUT2D eigenvalue weighted by atomic mass is 10.0. The van der Waals surface area contributed by atoms with Crippen LogP contribution in [0.25, 0.3) is 0 Å². The number of nitrogens with two attached hydrogens (primary N) is 1. The van der Waals surface area contributed by atoms with E-state index in [-0.39, 0.29) is 5.69 Å². The van der Waals surface area contributed by atoms with Gasteiger partial charge >= 0.3 is 0 Å². The molecule has 0 bridgehead atoms. The average Bonchev–Trinajstić information content (AvgIpc) is 2.16. The molecule has 0 saturated carbocycles. The molecule has 0 spiro atoms. The van der Waals surface area contributed by atoms with Crippen molar-refractivity contribution in [2.75, 3.05) is 0 Å². The Morgan fingerprint density at radius 2 is 1.93 bits per heavy atom. The summed E-state index contributed by atoms with van der Waals surface area (Å²) in [6.07, 6.45) is -0.782. The van der Waals surface area contributed by atoms with Gasteiger partial charge in [-0.05, 0) is 24.6 Å². The second-order valence-corrected chi connectivity index (χ2v) is 3.15. The van der Waals surface area contributed by atoms with E-state index in [4.69, 9.17) is 5.73 Å². The van der Waals surface area contributed by atoms with Crippen LogP contribution in [-0.2, 0) is 0 Å². The van der Waals surface area contributed by atoms with Gasteiger partial charge in [-0.25, -0.2) is 0 Å². The molecule has 0 heterocycles. The number of nitro groups is 1. The second kappa shape index (κ2) is 4.17. The van der Waals surface area contributed by atoms with Crippen LogP contribution in [-0.4, -0.2) is 16.1 Å². The molecule has 0 aliphatic carbocycles. The summed E-state index contributed by atoms with van der Waals surface area (Å²) in [6.45, 7) is 1.67. The Balaban J connectivity index is 2.88. The maximum Gasteiger partial charge on any atom is 0.269 e. The third-order valence-electron chi connectivity index (χ3n) is 1.94. The van der Waals surface area contributed by atoms with Gasteiger partial charge in [0.1, 0.15) is 0 Å². The molecule has 14 heavy (non-hydrogen) atoms. The molecule has 0 fully saturated rings. The quantitative estimate of drug-likeness (QED) is 0.557. The van der Waals surface area contributed by atoms with Crippen molar-refractivity contribution in [1.29, 1.82) is 0 Å². The van der Waals surface area contributed by atoms with E-state index in [0.29, 0.717) is 5.56 Å². The predicted octanol–water partition coefficient (Wildman–Crippen LogP) is 0.975. The first-order chi connectivity index (χ1) is 6.52. The van der Waals surface area contributed by atoms with E-state index in [1.807, 2.05) is 0 Å². The van der Waals surface area contributed by atoms with Crippen molar-refractivity contribution in [3.05, 3.63) is 39.9 Å². The fourth-order valence-corrected chi connectivity index (χ4v) is 1.10. The zero-order chi connectivity index (χ0) is 10.7. The Morgan fingerprint density at radius 3 is 2.29 bits per heavy atom. The van der Waals surface area contributed by atoms with Crippen molar-refractivity contribution in [3.8, 4) is 0 Å². The van der Waals surface area contributed by atoms with Crippen LogP contribution in [0.15, 0.2) is 24.3 Å². The van der Waals surface area contributed by atoms with Crippen LogP contribution in [0.3, 0.4) is 0 Å². The lowest BCUT2D eigenvalue weighted by molar-refractivity contribution is -0.384. The van der Waals surface area contributed by atoms with Crippen molar-refractivity contribution < 1.29 is 10.0 Å². The molecule has 0 aliphatic heterocycles. The van der Waals surface area contributed by atoms with E-state index in [2.05, 4.69) is 0 Å². The summed E-state index contributed by atoms with van der Waals surface area (Å²) in [4.78, 5) is 9.85. The largest absolute Gasteiger partial charge is 0.387 e. The number of benzene rings is 1. The number of non-ortho nitro benzene ring substituents is 1. The maximum absolute atomic E-state index is 10.3. The lowest BCUT2D eigenvalue weighted by Gasteiger charge is -2.13. The Kier molecular flexibility index (Phi) is 3.16. The minimum Gasteiger partial charge on any atom is -0.387 e. The van der Waals surface area contributed by atoms with Crippen molar-refractivity contribution in [2.45, 2.75) is 19.1 Å². The molecule has 0 aliphatic rings. The highest BCUT2D eigenvalue weighted by Crippen LogP contribution is 2.19. The van der Waals surface area contributed by atoms with E-state index in [9.17, 15) is 15.2 Å². The number of hydrogen-bond acceptors (Lipinski definition) is 4. The second-order valence-electron chi connectivity index (χ2n) is 3.15. The van der Waals surface area contributed by atoms with Gasteiger partial charge < -0.3 is 10.8 Å². The van der Waals surface area contributed by atoms with Gasteiger partial charge in [-0.2, -0.15) is 0 Å². The van der Waals surface area contributed by atoms with Gasteiger partial charge in [0.25, 0.3) is 5.69 Å². The van der Waals surface area contributed by atoms with Crippen LogP contribution < -0.4 is 5.73 Å². The third-order valence-corrected chi connectivity index (χ3v) is 1.94. The highest BCUT2D eigenvalue weighted by molar-refractivity contribution is 5.34. The zero-order valence-corrected chi connectivity index (χ0v) is 7.75. The summed E-state index contributed by atoms with van der Waals surface area (Å²) >= 11 is 0. The van der Waals surface area contributed by atoms with Gasteiger partial charge in [0, 0.05) is 18.2 Å². The van der Waals surface area contributed by atoms with Gasteiger partial charge in [0.15, 0.2) is 0 Å². The summed E-state index contributed by atoms with van der Waals surface area (Å²) in [7, 11) is 0. The summed E-state index contributed by atoms with van der Waals surface area (Å²) < 4.78 is 0. The molecule has 1 aromatic carbocycles. The van der Waals surface area contributed by atoms with Gasteiger partial charge in [-0.1, -0.05) is 0 Å². The van der Waals surface area contributed by atoms with E-state index in [1.165, 1.54) is 24.3 Å². The molecule has 76 valence electrons. The summed E-state index contributed by atoms with van der Waals surface area (Å²) in [5, 5.41) is 19.9. The predicted molar refractivity (Wildman–Crippen MR) is 51.7 cm³/mol. The summed E-state index contributed by atoms with van der Waals surface area (Å²) in [6, 6.07) is 5.32. The van der Waals surface area contributed by atoms with Crippen LogP contribution in [0.1, 0.15) is 18.6 Å². The Bertz CT molecular complexity index is 321. The molecule has 0 radical (unpaired) electrons. The van der Waals surface area contributed by atoms with Crippen LogP contribution in [0, 0.1) is 10.1 Å². The Labute approximate surface area is 81.3 Å². The molecule has 2 unspecified atom stereocenters. The van der Waals surface area contributed by atoms with E-state index in [1.54, 1.807) is 6.92 Å². The molecule has 0 aromatic heterocycles. The number of hydrogen-bond donors (Lipinski definition) is 2. The van der Waals surface area contributed by atoms with Gasteiger partial charge in [-0.15, -0.1) is 0 Å². The monoisotopic (exact) mass is 196 g/mol. The summed E-state index contributed by atoms with van der Waals surface area (Å²) in [5.41, 5.74) is 6.08. The Morgan fingerprint density at radius 1 is 1.43 bits per heavy atom. The SMILES string of the molecule is CC(N)C(O)c1ccc([N+](=O)[O-])cc1. The zero-order valence-electron chi connectivity index (χ0n) is 7.75. The minimum absolute atomic E-state index is 0.00521. The molecule has 0 amide bonds. The van der Waals surface area contributed by atoms with E-state index >= 15 is 0 Å². The number of aliphatic hydroxyl groups excluding tert-OH is 1. The molecular weight excluding hydrogens is 184 g/mol. The lowest BCUT2D eigenvalue weighted by Crippen LogP contribution is -2.24. The van der Waals surface area contributed by atoms with E-state index < -0.39 is 17.1 Å². The smallest absolute Gasteiger partial charge is 0.269 e. The first-order valence-electron chi connectivity index (χ1n) is 4.20. The average molecular weight is 196 g/mol. The molecule has 1 aromatic rings. The highest BCUT2D eigenvalue weighted by atomic mass is 16.6. The van der Waals surface area contributed by atoms with E-state index in [0.717, 1.165) is 0 Å². The molecule has 0 saturated heterocycles. The normalized spacial score (nSPS) is 14.8. The van der Waals surface area contributed by atoms with Crippen LogP contribution in [0.2, 0.25) is 0 Å². The maximum atomic E-state index is 10.3. The van der Waals surface area contributed by atoms with Gasteiger partial charge in [0.2, 0.25) is 0 Å². The first kappa shape index (κ1) is 10.6. The number of rotatable bonds is 3. The first-order valence-corrected chi connectivity index (χ1v) is 4.20. The van der Waals surface area contributed by atoms with Gasteiger partial charge in [0.05, 0.1) is 11.0 Å². The molecule has 3 N–H and O–H groups in total. The Hall–Kier alpha value is -1.46. The highest BCUT2D eigenvalue weighted by Gasteiger charge is 2.13. The van der Waals surface area contributed by atoms with Crippen molar-refractivity contribution in [2.24, 2.45) is 5.73 Å². The van der Waals surface area contributed by atoms with Crippen LogP contribution in [0.5, 0.6) is 0 Å². The molecule has 5 nitrogen and oxygen atoms in total. The molecule has 1 rings (SSSR count).